The maximum absolute atomic E-state index is 13.4. The zero-order valence-electron chi connectivity index (χ0n) is 11.8. The summed E-state index contributed by atoms with van der Waals surface area (Å²) in [7, 11) is 0. The molecule has 0 bridgehead atoms. The Balaban J connectivity index is 2.60. The van der Waals surface area contributed by atoms with E-state index in [1.807, 2.05) is 13.8 Å². The van der Waals surface area contributed by atoms with E-state index in [9.17, 15) is 18.0 Å². The number of hydrogen-bond donors (Lipinski definition) is 2. The number of amides is 1. The normalized spacial score (nSPS) is 12.3. The van der Waals surface area contributed by atoms with Crippen LogP contribution >= 0.6 is 0 Å². The Hall–Kier alpha value is -1.72. The SMILES string of the molecule is CC(C)CCNC(=O)C(C)Nc1ccc(F)c(F)c1F. The van der Waals surface area contributed by atoms with Gasteiger partial charge in [-0.25, -0.2) is 13.2 Å². The molecule has 1 unspecified atom stereocenters. The molecule has 1 atom stereocenters. The number of carbonyl (C=O) groups excluding carboxylic acids is 1. The first-order chi connectivity index (χ1) is 9.32. The van der Waals surface area contributed by atoms with Gasteiger partial charge in [0.15, 0.2) is 17.5 Å². The predicted octanol–water partition coefficient (Wildman–Crippen LogP) is 3.07. The standard InChI is InChI=1S/C14H19F3N2O/c1-8(2)6-7-18-14(20)9(3)19-11-5-4-10(15)12(16)13(11)17/h4-5,8-9,19H,6-7H2,1-3H3,(H,18,20). The van der Waals surface area contributed by atoms with Gasteiger partial charge in [-0.2, -0.15) is 0 Å². The molecule has 0 fully saturated rings. The minimum Gasteiger partial charge on any atom is -0.371 e. The van der Waals surface area contributed by atoms with Crippen molar-refractivity contribution in [3.8, 4) is 0 Å². The van der Waals surface area contributed by atoms with Gasteiger partial charge in [0.1, 0.15) is 6.04 Å². The Bertz CT molecular complexity index is 478. The second-order valence-corrected chi connectivity index (χ2v) is 5.06. The molecule has 0 aliphatic heterocycles. The Morgan fingerprint density at radius 3 is 2.40 bits per heavy atom. The topological polar surface area (TPSA) is 41.1 Å². The van der Waals surface area contributed by atoms with Gasteiger partial charge in [0.25, 0.3) is 0 Å². The molecule has 0 heterocycles. The van der Waals surface area contributed by atoms with Crippen molar-refractivity contribution in [2.24, 2.45) is 5.92 Å². The van der Waals surface area contributed by atoms with Gasteiger partial charge in [-0.1, -0.05) is 13.8 Å². The zero-order valence-corrected chi connectivity index (χ0v) is 11.8. The number of carbonyl (C=O) groups is 1. The van der Waals surface area contributed by atoms with Crippen LogP contribution in [0.3, 0.4) is 0 Å². The van der Waals surface area contributed by atoms with Crippen molar-refractivity contribution < 1.29 is 18.0 Å². The number of halogens is 3. The molecule has 1 rings (SSSR count). The van der Waals surface area contributed by atoms with Crippen LogP contribution in [0.5, 0.6) is 0 Å². The lowest BCUT2D eigenvalue weighted by molar-refractivity contribution is -0.121. The lowest BCUT2D eigenvalue weighted by atomic mass is 10.1. The summed E-state index contributed by atoms with van der Waals surface area (Å²) in [5.41, 5.74) is -0.240. The highest BCUT2D eigenvalue weighted by atomic mass is 19.2. The molecule has 0 aromatic heterocycles. The summed E-state index contributed by atoms with van der Waals surface area (Å²) in [5, 5.41) is 5.21. The molecule has 20 heavy (non-hydrogen) atoms. The fourth-order valence-corrected chi connectivity index (χ4v) is 1.57. The van der Waals surface area contributed by atoms with Crippen LogP contribution in [-0.2, 0) is 4.79 Å². The molecule has 0 aliphatic rings. The van der Waals surface area contributed by atoms with Crippen LogP contribution in [-0.4, -0.2) is 18.5 Å². The van der Waals surface area contributed by atoms with Crippen molar-refractivity contribution >= 4 is 11.6 Å². The van der Waals surface area contributed by atoms with E-state index in [4.69, 9.17) is 0 Å². The van der Waals surface area contributed by atoms with E-state index in [-0.39, 0.29) is 11.6 Å². The van der Waals surface area contributed by atoms with E-state index in [0.29, 0.717) is 12.5 Å². The molecule has 0 aliphatic carbocycles. The molecule has 3 nitrogen and oxygen atoms in total. The van der Waals surface area contributed by atoms with E-state index < -0.39 is 23.5 Å². The van der Waals surface area contributed by atoms with E-state index in [1.54, 1.807) is 0 Å². The number of hydrogen-bond acceptors (Lipinski definition) is 2. The highest BCUT2D eigenvalue weighted by molar-refractivity contribution is 5.84. The molecular formula is C14H19F3N2O. The van der Waals surface area contributed by atoms with Crippen LogP contribution in [0.1, 0.15) is 27.2 Å². The summed E-state index contributed by atoms with van der Waals surface area (Å²) in [6.45, 7) is 6.10. The fourth-order valence-electron chi connectivity index (χ4n) is 1.57. The van der Waals surface area contributed by atoms with Gasteiger partial charge in [-0.15, -0.1) is 0 Å². The van der Waals surface area contributed by atoms with Crippen LogP contribution in [0, 0.1) is 23.4 Å². The van der Waals surface area contributed by atoms with Gasteiger partial charge < -0.3 is 10.6 Å². The Labute approximate surface area is 116 Å². The summed E-state index contributed by atoms with van der Waals surface area (Å²) in [4.78, 5) is 11.7. The molecule has 6 heteroatoms. The van der Waals surface area contributed by atoms with Gasteiger partial charge >= 0.3 is 0 Å². The minimum absolute atomic E-state index is 0.240. The number of benzene rings is 1. The predicted molar refractivity (Wildman–Crippen MR) is 71.9 cm³/mol. The Kier molecular flexibility index (Phi) is 5.85. The Morgan fingerprint density at radius 1 is 1.15 bits per heavy atom. The molecule has 2 N–H and O–H groups in total. The van der Waals surface area contributed by atoms with E-state index in [1.165, 1.54) is 6.92 Å². The molecule has 1 aromatic carbocycles. The molecular weight excluding hydrogens is 269 g/mol. The van der Waals surface area contributed by atoms with Crippen molar-refractivity contribution in [1.29, 1.82) is 0 Å². The maximum Gasteiger partial charge on any atom is 0.242 e. The zero-order chi connectivity index (χ0) is 15.3. The molecule has 0 radical (unpaired) electrons. The van der Waals surface area contributed by atoms with Crippen LogP contribution in [0.15, 0.2) is 12.1 Å². The van der Waals surface area contributed by atoms with Crippen molar-refractivity contribution in [3.63, 3.8) is 0 Å². The van der Waals surface area contributed by atoms with Gasteiger partial charge in [0.05, 0.1) is 5.69 Å². The van der Waals surface area contributed by atoms with Crippen molar-refractivity contribution in [3.05, 3.63) is 29.6 Å². The first-order valence-corrected chi connectivity index (χ1v) is 6.50. The largest absolute Gasteiger partial charge is 0.371 e. The summed E-state index contributed by atoms with van der Waals surface area (Å²) in [5.74, 6) is -4.01. The average molecular weight is 288 g/mol. The molecule has 1 aromatic rings. The van der Waals surface area contributed by atoms with Crippen LogP contribution in [0.4, 0.5) is 18.9 Å². The van der Waals surface area contributed by atoms with E-state index in [2.05, 4.69) is 10.6 Å². The average Bonchev–Trinajstić information content (AvgIpc) is 2.38. The summed E-state index contributed by atoms with van der Waals surface area (Å²) >= 11 is 0. The second-order valence-electron chi connectivity index (χ2n) is 5.06. The van der Waals surface area contributed by atoms with Crippen LogP contribution in [0.2, 0.25) is 0 Å². The first kappa shape index (κ1) is 16.3. The molecule has 0 saturated heterocycles. The quantitative estimate of drug-likeness (QED) is 0.790. The highest BCUT2D eigenvalue weighted by Gasteiger charge is 2.18. The van der Waals surface area contributed by atoms with Gasteiger partial charge in [0.2, 0.25) is 5.91 Å². The molecule has 112 valence electrons. The summed E-state index contributed by atoms with van der Waals surface area (Å²) in [6.07, 6.45) is 0.831. The maximum atomic E-state index is 13.4. The third kappa shape index (κ3) is 4.43. The lowest BCUT2D eigenvalue weighted by Crippen LogP contribution is -2.38. The lowest BCUT2D eigenvalue weighted by Gasteiger charge is -2.16. The number of rotatable bonds is 6. The fraction of sp³-hybridized carbons (Fsp3) is 0.500. The van der Waals surface area contributed by atoms with Crippen LogP contribution in [0.25, 0.3) is 0 Å². The summed E-state index contributed by atoms with van der Waals surface area (Å²) in [6, 6.07) is 1.12. The molecule has 0 saturated carbocycles. The Morgan fingerprint density at radius 2 is 1.80 bits per heavy atom. The number of anilines is 1. The third-order valence-electron chi connectivity index (χ3n) is 2.82. The van der Waals surface area contributed by atoms with Crippen molar-refractivity contribution in [1.82, 2.24) is 5.32 Å². The summed E-state index contributed by atoms with van der Waals surface area (Å²) < 4.78 is 39.3. The first-order valence-electron chi connectivity index (χ1n) is 6.50. The molecule has 0 spiro atoms. The smallest absolute Gasteiger partial charge is 0.242 e. The minimum atomic E-state index is -1.55. The second kappa shape index (κ2) is 7.17. The van der Waals surface area contributed by atoms with E-state index in [0.717, 1.165) is 18.6 Å². The van der Waals surface area contributed by atoms with Crippen molar-refractivity contribution in [2.75, 3.05) is 11.9 Å². The molecule has 1 amide bonds. The monoisotopic (exact) mass is 288 g/mol. The van der Waals surface area contributed by atoms with Crippen LogP contribution < -0.4 is 10.6 Å². The van der Waals surface area contributed by atoms with Gasteiger partial charge in [-0.05, 0) is 31.4 Å². The highest BCUT2D eigenvalue weighted by Crippen LogP contribution is 2.20. The van der Waals surface area contributed by atoms with E-state index >= 15 is 0 Å². The number of nitrogens with one attached hydrogen (secondary N) is 2. The van der Waals surface area contributed by atoms with Gasteiger partial charge in [0, 0.05) is 6.54 Å². The third-order valence-corrected chi connectivity index (χ3v) is 2.82. The van der Waals surface area contributed by atoms with Crippen molar-refractivity contribution in [2.45, 2.75) is 33.2 Å². The van der Waals surface area contributed by atoms with Gasteiger partial charge in [-0.3, -0.25) is 4.79 Å².